The Kier molecular flexibility index (Phi) is 4.85. The van der Waals surface area contributed by atoms with Crippen LogP contribution in [0.1, 0.15) is 20.3 Å². The molecular weight excluding hydrogens is 174 g/mol. The van der Waals surface area contributed by atoms with Crippen molar-refractivity contribution < 1.29 is 0 Å². The third-order valence-electron chi connectivity index (χ3n) is 3.27. The Morgan fingerprint density at radius 1 is 1.36 bits per heavy atom. The van der Waals surface area contributed by atoms with Crippen LogP contribution >= 0.6 is 0 Å². The summed E-state index contributed by atoms with van der Waals surface area (Å²) in [5, 5.41) is 3.23. The third-order valence-corrected chi connectivity index (χ3v) is 3.27. The van der Waals surface area contributed by atoms with Gasteiger partial charge in [0.1, 0.15) is 0 Å². The summed E-state index contributed by atoms with van der Waals surface area (Å²) < 4.78 is 0. The fraction of sp³-hybridized carbons (Fsp3) is 1.00. The highest BCUT2D eigenvalue weighted by Gasteiger charge is 2.24. The van der Waals surface area contributed by atoms with Crippen LogP contribution in [0.4, 0.5) is 0 Å². The molecule has 1 saturated heterocycles. The predicted octanol–water partition coefficient (Wildman–Crippen LogP) is 0.620. The zero-order valence-corrected chi connectivity index (χ0v) is 10.1. The Balaban J connectivity index is 2.38. The molecular formula is C11H25N3. The molecule has 1 aliphatic rings. The van der Waals surface area contributed by atoms with Gasteiger partial charge in [-0.25, -0.2) is 0 Å². The zero-order chi connectivity index (χ0) is 10.6. The van der Waals surface area contributed by atoms with Gasteiger partial charge in [0, 0.05) is 31.7 Å². The standard InChI is InChI=1S/C11H25N3/c1-10(2)14-8-7-13(4)11(9-14)5-6-12-3/h10-12H,5-9H2,1-4H3. The fourth-order valence-electron chi connectivity index (χ4n) is 2.06. The molecule has 0 aliphatic carbocycles. The number of hydrogen-bond acceptors (Lipinski definition) is 3. The lowest BCUT2D eigenvalue weighted by Crippen LogP contribution is -2.53. The average Bonchev–Trinajstić information content (AvgIpc) is 2.16. The van der Waals surface area contributed by atoms with E-state index in [9.17, 15) is 0 Å². The summed E-state index contributed by atoms with van der Waals surface area (Å²) in [5.41, 5.74) is 0. The number of nitrogens with one attached hydrogen (secondary N) is 1. The van der Waals surface area contributed by atoms with Crippen LogP contribution in [0.25, 0.3) is 0 Å². The highest BCUT2D eigenvalue weighted by atomic mass is 15.3. The summed E-state index contributed by atoms with van der Waals surface area (Å²) in [7, 11) is 4.28. The van der Waals surface area contributed by atoms with Crippen LogP contribution < -0.4 is 5.32 Å². The molecule has 0 radical (unpaired) electrons. The smallest absolute Gasteiger partial charge is 0.0232 e. The number of piperazine rings is 1. The molecule has 0 spiro atoms. The van der Waals surface area contributed by atoms with E-state index in [1.54, 1.807) is 0 Å². The normalized spacial score (nSPS) is 25.9. The van der Waals surface area contributed by atoms with E-state index in [-0.39, 0.29) is 0 Å². The van der Waals surface area contributed by atoms with Crippen molar-refractivity contribution in [2.24, 2.45) is 0 Å². The van der Waals surface area contributed by atoms with Crippen LogP contribution in [0.3, 0.4) is 0 Å². The van der Waals surface area contributed by atoms with Gasteiger partial charge in [-0.1, -0.05) is 0 Å². The number of rotatable bonds is 4. The first-order chi connectivity index (χ1) is 6.65. The summed E-state index contributed by atoms with van der Waals surface area (Å²) in [4.78, 5) is 5.08. The minimum absolute atomic E-state index is 0.695. The first-order valence-electron chi connectivity index (χ1n) is 5.74. The maximum atomic E-state index is 3.23. The Hall–Kier alpha value is -0.120. The molecule has 1 heterocycles. The SMILES string of the molecule is CNCCC1CN(C(C)C)CCN1C. The minimum atomic E-state index is 0.695. The highest BCUT2D eigenvalue weighted by Crippen LogP contribution is 2.12. The average molecular weight is 199 g/mol. The van der Waals surface area contributed by atoms with E-state index in [1.807, 2.05) is 7.05 Å². The lowest BCUT2D eigenvalue weighted by Gasteiger charge is -2.41. The molecule has 0 bridgehead atoms. The second-order valence-electron chi connectivity index (χ2n) is 4.62. The molecule has 1 aliphatic heterocycles. The van der Waals surface area contributed by atoms with Gasteiger partial charge in [0.25, 0.3) is 0 Å². The largest absolute Gasteiger partial charge is 0.320 e. The van der Waals surface area contributed by atoms with Gasteiger partial charge in [-0.15, -0.1) is 0 Å². The van der Waals surface area contributed by atoms with E-state index >= 15 is 0 Å². The molecule has 14 heavy (non-hydrogen) atoms. The Morgan fingerprint density at radius 2 is 2.07 bits per heavy atom. The van der Waals surface area contributed by atoms with Crippen molar-refractivity contribution in [3.8, 4) is 0 Å². The maximum Gasteiger partial charge on any atom is 0.0232 e. The number of likely N-dealkylation sites (N-methyl/N-ethyl adjacent to an activating group) is 1. The predicted molar refractivity (Wildman–Crippen MR) is 61.7 cm³/mol. The van der Waals surface area contributed by atoms with E-state index in [0.29, 0.717) is 6.04 Å². The fourth-order valence-corrected chi connectivity index (χ4v) is 2.06. The molecule has 1 unspecified atom stereocenters. The number of hydrogen-bond donors (Lipinski definition) is 1. The van der Waals surface area contributed by atoms with Crippen molar-refractivity contribution in [2.75, 3.05) is 40.3 Å². The lowest BCUT2D eigenvalue weighted by atomic mass is 10.1. The molecule has 0 aromatic rings. The minimum Gasteiger partial charge on any atom is -0.320 e. The molecule has 0 aromatic carbocycles. The van der Waals surface area contributed by atoms with Crippen LogP contribution in [0, 0.1) is 0 Å². The van der Waals surface area contributed by atoms with E-state index in [4.69, 9.17) is 0 Å². The summed E-state index contributed by atoms with van der Waals surface area (Å²) in [6.07, 6.45) is 1.26. The van der Waals surface area contributed by atoms with Crippen molar-refractivity contribution in [3.05, 3.63) is 0 Å². The van der Waals surface area contributed by atoms with E-state index < -0.39 is 0 Å². The van der Waals surface area contributed by atoms with Crippen LogP contribution in [0.15, 0.2) is 0 Å². The molecule has 1 atom stereocenters. The summed E-state index contributed by atoms with van der Waals surface area (Å²) in [6, 6.07) is 1.43. The molecule has 0 aromatic heterocycles. The van der Waals surface area contributed by atoms with Gasteiger partial charge in [-0.05, 0) is 40.9 Å². The lowest BCUT2D eigenvalue weighted by molar-refractivity contribution is 0.0708. The molecule has 84 valence electrons. The third kappa shape index (κ3) is 3.23. The van der Waals surface area contributed by atoms with Crippen molar-refractivity contribution in [1.29, 1.82) is 0 Å². The highest BCUT2D eigenvalue weighted by molar-refractivity contribution is 4.81. The van der Waals surface area contributed by atoms with Crippen LogP contribution in [-0.4, -0.2) is 62.2 Å². The molecule has 3 nitrogen and oxygen atoms in total. The Bertz CT molecular complexity index is 159. The summed E-state index contributed by atoms with van der Waals surface area (Å²) >= 11 is 0. The molecule has 1 rings (SSSR count). The van der Waals surface area contributed by atoms with Crippen molar-refractivity contribution in [1.82, 2.24) is 15.1 Å². The molecule has 0 amide bonds. The van der Waals surface area contributed by atoms with Gasteiger partial charge in [-0.2, -0.15) is 0 Å². The monoisotopic (exact) mass is 199 g/mol. The van der Waals surface area contributed by atoms with Gasteiger partial charge >= 0.3 is 0 Å². The second-order valence-corrected chi connectivity index (χ2v) is 4.62. The molecule has 1 N–H and O–H groups in total. The van der Waals surface area contributed by atoms with E-state index in [0.717, 1.165) is 12.6 Å². The number of nitrogens with zero attached hydrogens (tertiary/aromatic N) is 2. The summed E-state index contributed by atoms with van der Waals surface area (Å²) in [6.45, 7) is 9.38. The molecule has 0 saturated carbocycles. The zero-order valence-electron chi connectivity index (χ0n) is 10.1. The molecule has 1 fully saturated rings. The van der Waals surface area contributed by atoms with Crippen LogP contribution in [-0.2, 0) is 0 Å². The van der Waals surface area contributed by atoms with E-state index in [1.165, 1.54) is 26.1 Å². The maximum absolute atomic E-state index is 3.23. The van der Waals surface area contributed by atoms with Gasteiger partial charge in [0.05, 0.1) is 0 Å². The molecule has 3 heteroatoms. The Morgan fingerprint density at radius 3 is 2.64 bits per heavy atom. The van der Waals surface area contributed by atoms with Crippen molar-refractivity contribution >= 4 is 0 Å². The van der Waals surface area contributed by atoms with Crippen molar-refractivity contribution in [2.45, 2.75) is 32.4 Å². The first-order valence-corrected chi connectivity index (χ1v) is 5.74. The topological polar surface area (TPSA) is 18.5 Å². The van der Waals surface area contributed by atoms with Crippen LogP contribution in [0.5, 0.6) is 0 Å². The first kappa shape index (κ1) is 12.0. The Labute approximate surface area is 88.5 Å². The second kappa shape index (κ2) is 5.69. The van der Waals surface area contributed by atoms with E-state index in [2.05, 4.69) is 36.0 Å². The van der Waals surface area contributed by atoms with Crippen LogP contribution in [0.2, 0.25) is 0 Å². The summed E-state index contributed by atoms with van der Waals surface area (Å²) in [5.74, 6) is 0. The van der Waals surface area contributed by atoms with Gasteiger partial charge < -0.3 is 10.2 Å². The van der Waals surface area contributed by atoms with Gasteiger partial charge in [0.15, 0.2) is 0 Å². The van der Waals surface area contributed by atoms with Crippen molar-refractivity contribution in [3.63, 3.8) is 0 Å². The van der Waals surface area contributed by atoms with Gasteiger partial charge in [-0.3, -0.25) is 4.90 Å². The quantitative estimate of drug-likeness (QED) is 0.716. The van der Waals surface area contributed by atoms with Gasteiger partial charge in [0.2, 0.25) is 0 Å².